The first-order chi connectivity index (χ1) is 9.99. The largest absolute Gasteiger partial charge is 0.348 e. The summed E-state index contributed by atoms with van der Waals surface area (Å²) in [5.74, 6) is -0.359. The first-order valence-corrected chi connectivity index (χ1v) is 8.10. The van der Waals surface area contributed by atoms with E-state index >= 15 is 0 Å². The summed E-state index contributed by atoms with van der Waals surface area (Å²) in [7, 11) is 0. The lowest BCUT2D eigenvalue weighted by Crippen LogP contribution is -2.40. The number of nitro benzene ring substituents is 1. The van der Waals surface area contributed by atoms with Gasteiger partial charge in [0.1, 0.15) is 5.56 Å². The molecule has 114 valence electrons. The first kappa shape index (κ1) is 15.9. The van der Waals surface area contributed by atoms with Crippen LogP contribution < -0.4 is 5.32 Å². The summed E-state index contributed by atoms with van der Waals surface area (Å²) in [5.41, 5.74) is 0.837. The minimum atomic E-state index is -0.507. The number of alkyl halides is 1. The molecule has 0 aliphatic heterocycles. The maximum absolute atomic E-state index is 12.4. The molecule has 0 saturated heterocycles. The topological polar surface area (TPSA) is 72.2 Å². The molecule has 6 heteroatoms. The molecule has 0 radical (unpaired) electrons. The van der Waals surface area contributed by atoms with Gasteiger partial charge in [-0.2, -0.15) is 0 Å². The van der Waals surface area contributed by atoms with Crippen LogP contribution in [0, 0.1) is 17.0 Å². The molecule has 2 atom stereocenters. The van der Waals surface area contributed by atoms with Crippen molar-refractivity contribution in [1.82, 2.24) is 5.32 Å². The Labute approximate surface area is 132 Å². The fraction of sp³-hybridized carbons (Fsp3) is 0.533. The average molecular weight is 355 g/mol. The monoisotopic (exact) mass is 354 g/mol. The zero-order valence-electron chi connectivity index (χ0n) is 12.0. The van der Waals surface area contributed by atoms with Crippen molar-refractivity contribution in [2.24, 2.45) is 0 Å². The van der Waals surface area contributed by atoms with Crippen molar-refractivity contribution in [2.45, 2.75) is 49.9 Å². The lowest BCUT2D eigenvalue weighted by atomic mass is 10.1. The molecule has 1 aromatic carbocycles. The van der Waals surface area contributed by atoms with E-state index in [0.717, 1.165) is 31.2 Å². The molecule has 0 heterocycles. The van der Waals surface area contributed by atoms with E-state index in [4.69, 9.17) is 0 Å². The fourth-order valence-corrected chi connectivity index (χ4v) is 3.38. The highest BCUT2D eigenvalue weighted by atomic mass is 79.9. The third-order valence-corrected chi connectivity index (χ3v) is 4.94. The molecule has 0 aromatic heterocycles. The molecule has 1 amide bonds. The van der Waals surface area contributed by atoms with Crippen molar-refractivity contribution in [3.63, 3.8) is 0 Å². The van der Waals surface area contributed by atoms with Gasteiger partial charge < -0.3 is 5.32 Å². The molecule has 1 aliphatic rings. The van der Waals surface area contributed by atoms with Gasteiger partial charge in [-0.25, -0.2) is 0 Å². The van der Waals surface area contributed by atoms with Crippen LogP contribution in [0.2, 0.25) is 0 Å². The maximum Gasteiger partial charge on any atom is 0.282 e. The number of rotatable bonds is 3. The SMILES string of the molecule is Cc1ccc([N+](=O)[O-])c(C(=O)NC2CCCCCC2Br)c1. The number of aryl methyl sites for hydroxylation is 1. The van der Waals surface area contributed by atoms with Gasteiger partial charge in [0.25, 0.3) is 11.6 Å². The van der Waals surface area contributed by atoms with Crippen LogP contribution in [0.5, 0.6) is 0 Å². The highest BCUT2D eigenvalue weighted by Crippen LogP contribution is 2.25. The first-order valence-electron chi connectivity index (χ1n) is 7.19. The summed E-state index contributed by atoms with van der Waals surface area (Å²) in [4.78, 5) is 23.2. The van der Waals surface area contributed by atoms with Crippen LogP contribution in [0.1, 0.15) is 48.0 Å². The van der Waals surface area contributed by atoms with Crippen molar-refractivity contribution in [2.75, 3.05) is 0 Å². The molecule has 5 nitrogen and oxygen atoms in total. The van der Waals surface area contributed by atoms with Crippen molar-refractivity contribution < 1.29 is 9.72 Å². The van der Waals surface area contributed by atoms with Crippen LogP contribution >= 0.6 is 15.9 Å². The number of carbonyl (C=O) groups excluding carboxylic acids is 1. The molecule has 1 aliphatic carbocycles. The van der Waals surface area contributed by atoms with Crippen molar-refractivity contribution in [3.05, 3.63) is 39.4 Å². The fourth-order valence-electron chi connectivity index (χ4n) is 2.66. The van der Waals surface area contributed by atoms with E-state index in [1.54, 1.807) is 12.1 Å². The Hall–Kier alpha value is -1.43. The third-order valence-electron chi connectivity index (χ3n) is 3.84. The van der Waals surface area contributed by atoms with E-state index < -0.39 is 4.92 Å². The second-order valence-electron chi connectivity index (χ2n) is 5.51. The van der Waals surface area contributed by atoms with Gasteiger partial charge in [0.15, 0.2) is 0 Å². The molecular weight excluding hydrogens is 336 g/mol. The summed E-state index contributed by atoms with van der Waals surface area (Å²) in [5, 5.41) is 14.0. The Morgan fingerprint density at radius 3 is 2.76 bits per heavy atom. The summed E-state index contributed by atoms with van der Waals surface area (Å²) in [6, 6.07) is 4.64. The van der Waals surface area contributed by atoms with Crippen molar-refractivity contribution >= 4 is 27.5 Å². The number of hydrogen-bond donors (Lipinski definition) is 1. The summed E-state index contributed by atoms with van der Waals surface area (Å²) in [6.45, 7) is 1.82. The van der Waals surface area contributed by atoms with Crippen molar-refractivity contribution in [1.29, 1.82) is 0 Å². The van der Waals surface area contributed by atoms with Gasteiger partial charge in [0.05, 0.1) is 4.92 Å². The number of nitrogens with zero attached hydrogens (tertiary/aromatic N) is 1. The van der Waals surface area contributed by atoms with E-state index in [2.05, 4.69) is 21.2 Å². The highest BCUT2D eigenvalue weighted by Gasteiger charge is 2.26. The Morgan fingerprint density at radius 2 is 2.05 bits per heavy atom. The van der Waals surface area contributed by atoms with E-state index in [9.17, 15) is 14.9 Å². The summed E-state index contributed by atoms with van der Waals surface area (Å²) >= 11 is 3.62. The number of nitro groups is 1. The van der Waals surface area contributed by atoms with Crippen LogP contribution in [0.3, 0.4) is 0 Å². The van der Waals surface area contributed by atoms with Gasteiger partial charge >= 0.3 is 0 Å². The molecular formula is C15H19BrN2O3. The quantitative estimate of drug-likeness (QED) is 0.389. The van der Waals surface area contributed by atoms with Crippen molar-refractivity contribution in [3.8, 4) is 0 Å². The zero-order valence-corrected chi connectivity index (χ0v) is 13.6. The van der Waals surface area contributed by atoms with E-state index in [0.29, 0.717) is 0 Å². The van der Waals surface area contributed by atoms with Crippen LogP contribution in [0.25, 0.3) is 0 Å². The standard InChI is InChI=1S/C15H19BrN2O3/c1-10-7-8-14(18(20)21)11(9-10)15(19)17-13-6-4-2-3-5-12(13)16/h7-9,12-13H,2-6H2,1H3,(H,17,19). The lowest BCUT2D eigenvalue weighted by Gasteiger charge is -2.21. The molecule has 1 saturated carbocycles. The smallest absolute Gasteiger partial charge is 0.282 e. The van der Waals surface area contributed by atoms with E-state index in [-0.39, 0.29) is 28.0 Å². The molecule has 0 bridgehead atoms. The second kappa shape index (κ2) is 7.02. The molecule has 21 heavy (non-hydrogen) atoms. The van der Waals surface area contributed by atoms with Gasteiger partial charge in [-0.1, -0.05) is 41.3 Å². The van der Waals surface area contributed by atoms with Gasteiger partial charge in [-0.3, -0.25) is 14.9 Å². The van der Waals surface area contributed by atoms with Crippen LogP contribution in [0.4, 0.5) is 5.69 Å². The number of amides is 1. The molecule has 2 unspecified atom stereocenters. The second-order valence-corrected chi connectivity index (χ2v) is 6.69. The number of nitrogens with one attached hydrogen (secondary N) is 1. The Balaban J connectivity index is 2.19. The zero-order chi connectivity index (χ0) is 15.4. The third kappa shape index (κ3) is 4.03. The molecule has 1 aromatic rings. The molecule has 0 spiro atoms. The van der Waals surface area contributed by atoms with Gasteiger partial charge in [0, 0.05) is 16.9 Å². The van der Waals surface area contributed by atoms with E-state index in [1.165, 1.54) is 12.5 Å². The number of benzene rings is 1. The Kier molecular flexibility index (Phi) is 5.33. The van der Waals surface area contributed by atoms with Crippen LogP contribution in [-0.2, 0) is 0 Å². The predicted octanol–water partition coefficient (Wildman–Crippen LogP) is 3.73. The normalized spacial score (nSPS) is 22.4. The minimum Gasteiger partial charge on any atom is -0.348 e. The van der Waals surface area contributed by atoms with Gasteiger partial charge in [0.2, 0.25) is 0 Å². The van der Waals surface area contributed by atoms with Crippen LogP contribution in [-0.4, -0.2) is 21.7 Å². The lowest BCUT2D eigenvalue weighted by molar-refractivity contribution is -0.385. The Bertz CT molecular complexity index is 548. The predicted molar refractivity (Wildman–Crippen MR) is 84.9 cm³/mol. The van der Waals surface area contributed by atoms with Gasteiger partial charge in [-0.15, -0.1) is 0 Å². The summed E-state index contributed by atoms with van der Waals surface area (Å²) in [6.07, 6.45) is 5.30. The number of halogens is 1. The number of hydrogen-bond acceptors (Lipinski definition) is 3. The minimum absolute atomic E-state index is 0.0279. The molecule has 1 N–H and O–H groups in total. The summed E-state index contributed by atoms with van der Waals surface area (Å²) < 4.78 is 0. The maximum atomic E-state index is 12.4. The Morgan fingerprint density at radius 1 is 1.33 bits per heavy atom. The van der Waals surface area contributed by atoms with Crippen LogP contribution in [0.15, 0.2) is 18.2 Å². The van der Waals surface area contributed by atoms with Gasteiger partial charge in [-0.05, 0) is 31.4 Å². The molecule has 1 fully saturated rings. The highest BCUT2D eigenvalue weighted by molar-refractivity contribution is 9.09. The molecule has 2 rings (SSSR count). The van der Waals surface area contributed by atoms with E-state index in [1.807, 2.05) is 6.92 Å². The average Bonchev–Trinajstić information content (AvgIpc) is 2.63. The number of carbonyl (C=O) groups is 1.